The summed E-state index contributed by atoms with van der Waals surface area (Å²) in [6.07, 6.45) is 4.64. The molecule has 0 aliphatic rings. The quantitative estimate of drug-likeness (QED) is 0.718. The van der Waals surface area contributed by atoms with E-state index in [2.05, 4.69) is 36.0 Å². The molecule has 1 nitrogen and oxygen atoms in total. The van der Waals surface area contributed by atoms with Gasteiger partial charge in [0.2, 0.25) is 0 Å². The van der Waals surface area contributed by atoms with E-state index in [1.54, 1.807) is 0 Å². The van der Waals surface area contributed by atoms with Crippen LogP contribution in [0, 0.1) is 0 Å². The lowest BCUT2D eigenvalue weighted by atomic mass is 10.1. The van der Waals surface area contributed by atoms with Crippen molar-refractivity contribution in [2.24, 2.45) is 0 Å². The highest BCUT2D eigenvalue weighted by molar-refractivity contribution is 7.98. The van der Waals surface area contributed by atoms with Gasteiger partial charge in [-0.15, -0.1) is 11.3 Å². The van der Waals surface area contributed by atoms with Gasteiger partial charge in [-0.25, -0.2) is 0 Å². The minimum atomic E-state index is 0.576. The topological polar surface area (TPSA) is 12.0 Å². The molecule has 14 heavy (non-hydrogen) atoms. The number of rotatable bonds is 7. The summed E-state index contributed by atoms with van der Waals surface area (Å²) >= 11 is 3.76. The van der Waals surface area contributed by atoms with E-state index in [-0.39, 0.29) is 0 Å². The third kappa shape index (κ3) is 4.03. The molecule has 0 saturated carbocycles. The highest BCUT2D eigenvalue weighted by atomic mass is 32.2. The summed E-state index contributed by atoms with van der Waals surface area (Å²) in [6.45, 7) is 3.36. The Balaban J connectivity index is 2.39. The number of nitrogens with one attached hydrogen (secondary N) is 1. The third-order valence-electron chi connectivity index (χ3n) is 2.16. The highest BCUT2D eigenvalue weighted by Gasteiger charge is 2.09. The molecule has 1 rings (SSSR count). The summed E-state index contributed by atoms with van der Waals surface area (Å²) in [4.78, 5) is 1.48. The molecule has 0 aliphatic heterocycles. The molecule has 0 bridgehead atoms. The normalized spacial score (nSPS) is 13.0. The van der Waals surface area contributed by atoms with Gasteiger partial charge in [-0.05, 0) is 24.1 Å². The molecule has 1 unspecified atom stereocenters. The van der Waals surface area contributed by atoms with E-state index in [0.717, 1.165) is 6.54 Å². The van der Waals surface area contributed by atoms with Gasteiger partial charge in [0, 0.05) is 23.2 Å². The summed E-state index contributed by atoms with van der Waals surface area (Å²) in [6, 6.07) is 4.95. The molecule has 0 aliphatic carbocycles. The maximum absolute atomic E-state index is 3.61. The van der Waals surface area contributed by atoms with E-state index in [1.807, 2.05) is 23.1 Å². The molecule has 3 heteroatoms. The zero-order valence-corrected chi connectivity index (χ0v) is 10.6. The van der Waals surface area contributed by atoms with Crippen LogP contribution in [0.4, 0.5) is 0 Å². The second kappa shape index (κ2) is 7.32. The van der Waals surface area contributed by atoms with Crippen LogP contribution < -0.4 is 5.32 Å². The summed E-state index contributed by atoms with van der Waals surface area (Å²) in [5.74, 6) is 1.20. The van der Waals surface area contributed by atoms with Gasteiger partial charge in [0.1, 0.15) is 0 Å². The van der Waals surface area contributed by atoms with Crippen LogP contribution in [0.15, 0.2) is 17.5 Å². The Bertz CT molecular complexity index is 221. The summed E-state index contributed by atoms with van der Waals surface area (Å²) in [5.41, 5.74) is 0. The van der Waals surface area contributed by atoms with E-state index >= 15 is 0 Å². The fraction of sp³-hybridized carbons (Fsp3) is 0.636. The van der Waals surface area contributed by atoms with Gasteiger partial charge >= 0.3 is 0 Å². The van der Waals surface area contributed by atoms with Crippen molar-refractivity contribution in [1.82, 2.24) is 5.32 Å². The van der Waals surface area contributed by atoms with Crippen molar-refractivity contribution in [2.75, 3.05) is 18.6 Å². The summed E-state index contributed by atoms with van der Waals surface area (Å²) in [7, 11) is 0. The predicted molar refractivity (Wildman–Crippen MR) is 68.4 cm³/mol. The van der Waals surface area contributed by atoms with Gasteiger partial charge in [-0.2, -0.15) is 11.8 Å². The fourth-order valence-electron chi connectivity index (χ4n) is 1.46. The van der Waals surface area contributed by atoms with Crippen LogP contribution in [-0.2, 0) is 0 Å². The Kier molecular flexibility index (Phi) is 6.32. The SMILES string of the molecule is CCCC(NCCSC)c1cccs1. The van der Waals surface area contributed by atoms with E-state index in [9.17, 15) is 0 Å². The lowest BCUT2D eigenvalue weighted by Crippen LogP contribution is -2.22. The van der Waals surface area contributed by atoms with Crippen LogP contribution in [0.2, 0.25) is 0 Å². The second-order valence-electron chi connectivity index (χ2n) is 3.30. The summed E-state index contributed by atoms with van der Waals surface area (Å²) in [5, 5.41) is 5.77. The molecule has 0 radical (unpaired) electrons. The molecule has 0 fully saturated rings. The lowest BCUT2D eigenvalue weighted by Gasteiger charge is -2.16. The third-order valence-corrected chi connectivity index (χ3v) is 3.76. The van der Waals surface area contributed by atoms with Gasteiger partial charge in [0.15, 0.2) is 0 Å². The standard InChI is InChI=1S/C11H19NS2/c1-3-5-10(12-7-9-13-2)11-6-4-8-14-11/h4,6,8,10,12H,3,5,7,9H2,1-2H3. The predicted octanol–water partition coefficient (Wildman–Crippen LogP) is 3.54. The Hall–Kier alpha value is 0.01000. The molecular weight excluding hydrogens is 210 g/mol. The van der Waals surface area contributed by atoms with Crippen LogP contribution in [0.1, 0.15) is 30.7 Å². The maximum atomic E-state index is 3.61. The molecule has 0 spiro atoms. The molecule has 0 saturated heterocycles. The average molecular weight is 229 g/mol. The Labute approximate surface area is 95.3 Å². The van der Waals surface area contributed by atoms with Crippen molar-refractivity contribution in [3.63, 3.8) is 0 Å². The highest BCUT2D eigenvalue weighted by Crippen LogP contribution is 2.22. The van der Waals surface area contributed by atoms with Crippen molar-refractivity contribution in [3.05, 3.63) is 22.4 Å². The van der Waals surface area contributed by atoms with Gasteiger partial charge in [0.05, 0.1) is 0 Å². The molecule has 0 aromatic carbocycles. The van der Waals surface area contributed by atoms with E-state index in [1.165, 1.54) is 23.5 Å². The number of hydrogen-bond acceptors (Lipinski definition) is 3. The Morgan fingerprint density at radius 2 is 2.43 bits per heavy atom. The fourth-order valence-corrected chi connectivity index (χ4v) is 2.62. The average Bonchev–Trinajstić information content (AvgIpc) is 2.70. The monoisotopic (exact) mass is 229 g/mol. The Morgan fingerprint density at radius 3 is 3.00 bits per heavy atom. The molecular formula is C11H19NS2. The van der Waals surface area contributed by atoms with Crippen LogP contribution in [0.5, 0.6) is 0 Å². The van der Waals surface area contributed by atoms with Crippen LogP contribution in [-0.4, -0.2) is 18.6 Å². The van der Waals surface area contributed by atoms with Crippen molar-refractivity contribution in [1.29, 1.82) is 0 Å². The molecule has 1 atom stereocenters. The smallest absolute Gasteiger partial charge is 0.0414 e. The van der Waals surface area contributed by atoms with E-state index in [0.29, 0.717) is 6.04 Å². The van der Waals surface area contributed by atoms with E-state index in [4.69, 9.17) is 0 Å². The van der Waals surface area contributed by atoms with Crippen molar-refractivity contribution in [3.8, 4) is 0 Å². The molecule has 1 aromatic rings. The van der Waals surface area contributed by atoms with Crippen molar-refractivity contribution >= 4 is 23.1 Å². The Morgan fingerprint density at radius 1 is 1.57 bits per heavy atom. The maximum Gasteiger partial charge on any atom is 0.0414 e. The molecule has 1 N–H and O–H groups in total. The van der Waals surface area contributed by atoms with Crippen molar-refractivity contribution < 1.29 is 0 Å². The minimum Gasteiger partial charge on any atom is -0.308 e. The van der Waals surface area contributed by atoms with Gasteiger partial charge in [-0.3, -0.25) is 0 Å². The minimum absolute atomic E-state index is 0.576. The molecule has 0 amide bonds. The first-order chi connectivity index (χ1) is 6.88. The summed E-state index contributed by atoms with van der Waals surface area (Å²) < 4.78 is 0. The first-order valence-corrected chi connectivity index (χ1v) is 7.41. The first-order valence-electron chi connectivity index (χ1n) is 5.14. The largest absolute Gasteiger partial charge is 0.308 e. The van der Waals surface area contributed by atoms with Crippen LogP contribution in [0.25, 0.3) is 0 Å². The number of thioether (sulfide) groups is 1. The zero-order valence-electron chi connectivity index (χ0n) is 8.95. The van der Waals surface area contributed by atoms with Crippen LogP contribution >= 0.6 is 23.1 Å². The number of hydrogen-bond donors (Lipinski definition) is 1. The lowest BCUT2D eigenvalue weighted by molar-refractivity contribution is 0.519. The molecule has 80 valence electrons. The molecule has 1 aromatic heterocycles. The molecule has 1 heterocycles. The zero-order chi connectivity index (χ0) is 10.2. The number of thiophene rings is 1. The van der Waals surface area contributed by atoms with Gasteiger partial charge < -0.3 is 5.32 Å². The van der Waals surface area contributed by atoms with Crippen LogP contribution in [0.3, 0.4) is 0 Å². The van der Waals surface area contributed by atoms with Gasteiger partial charge in [0.25, 0.3) is 0 Å². The van der Waals surface area contributed by atoms with Gasteiger partial charge in [-0.1, -0.05) is 19.4 Å². The van der Waals surface area contributed by atoms with E-state index < -0.39 is 0 Å². The first kappa shape index (κ1) is 12.1. The van der Waals surface area contributed by atoms with Crippen molar-refractivity contribution in [2.45, 2.75) is 25.8 Å². The second-order valence-corrected chi connectivity index (χ2v) is 5.27.